The van der Waals surface area contributed by atoms with E-state index in [0.29, 0.717) is 19.4 Å². The van der Waals surface area contributed by atoms with Crippen molar-refractivity contribution in [1.29, 1.82) is 0 Å². The summed E-state index contributed by atoms with van der Waals surface area (Å²) in [7, 11) is 0. The van der Waals surface area contributed by atoms with Crippen molar-refractivity contribution in [2.24, 2.45) is 0 Å². The molecule has 8 heteroatoms. The normalized spacial score (nSPS) is 19.2. The Bertz CT molecular complexity index is 872. The zero-order chi connectivity index (χ0) is 19.9. The molecule has 150 valence electrons. The summed E-state index contributed by atoms with van der Waals surface area (Å²) in [5.41, 5.74) is -0.0451. The Morgan fingerprint density at radius 1 is 1.25 bits per heavy atom. The number of hydrogen-bond acceptors (Lipinski definition) is 4. The number of H-pyrrole nitrogens is 1. The molecule has 1 fully saturated rings. The molecule has 8 nitrogen and oxygen atoms in total. The van der Waals surface area contributed by atoms with Gasteiger partial charge < -0.3 is 20.2 Å². The minimum absolute atomic E-state index is 0.0140. The zero-order valence-corrected chi connectivity index (χ0v) is 16.1. The predicted molar refractivity (Wildman–Crippen MR) is 105 cm³/mol. The fourth-order valence-corrected chi connectivity index (χ4v) is 3.68. The molecule has 2 aromatic rings. The van der Waals surface area contributed by atoms with Gasteiger partial charge in [0.05, 0.1) is 0 Å². The molecule has 1 aliphatic rings. The number of carbonyl (C=O) groups excluding carboxylic acids is 2. The monoisotopic (exact) mass is 385 g/mol. The molecule has 3 rings (SSSR count). The predicted octanol–water partition coefficient (Wildman–Crippen LogP) is 1.38. The molecule has 1 aliphatic carbocycles. The summed E-state index contributed by atoms with van der Waals surface area (Å²) in [6.07, 6.45) is 8.29. The first-order chi connectivity index (χ1) is 13.5. The van der Waals surface area contributed by atoms with Gasteiger partial charge in [0.15, 0.2) is 0 Å². The Balaban J connectivity index is 1.47. The average molecular weight is 385 g/mol. The molecule has 0 unspecified atom stereocenters. The van der Waals surface area contributed by atoms with Crippen molar-refractivity contribution in [3.05, 3.63) is 52.5 Å². The summed E-state index contributed by atoms with van der Waals surface area (Å²) in [5, 5.41) is 6.05. The maximum Gasteiger partial charge on any atom is 0.268 e. The van der Waals surface area contributed by atoms with Gasteiger partial charge in [-0.1, -0.05) is 13.0 Å². The van der Waals surface area contributed by atoms with E-state index in [9.17, 15) is 14.4 Å². The van der Waals surface area contributed by atoms with Crippen molar-refractivity contribution >= 4 is 11.8 Å². The maximum atomic E-state index is 12.3. The van der Waals surface area contributed by atoms with E-state index in [1.54, 1.807) is 18.3 Å². The lowest BCUT2D eigenvalue weighted by Gasteiger charge is -2.30. The molecule has 2 heterocycles. The Kier molecular flexibility index (Phi) is 6.62. The highest BCUT2D eigenvalue weighted by Crippen LogP contribution is 2.19. The minimum atomic E-state index is -0.300. The smallest absolute Gasteiger partial charge is 0.268 e. The molecular formula is C20H27N5O3. The van der Waals surface area contributed by atoms with Crippen molar-refractivity contribution in [3.8, 4) is 0 Å². The Morgan fingerprint density at radius 3 is 2.79 bits per heavy atom. The summed E-state index contributed by atoms with van der Waals surface area (Å²) in [4.78, 5) is 42.8. The van der Waals surface area contributed by atoms with Gasteiger partial charge in [0.1, 0.15) is 11.5 Å². The van der Waals surface area contributed by atoms with Crippen LogP contribution in [0.3, 0.4) is 0 Å². The van der Waals surface area contributed by atoms with E-state index in [4.69, 9.17) is 0 Å². The van der Waals surface area contributed by atoms with E-state index in [0.717, 1.165) is 31.5 Å². The van der Waals surface area contributed by atoms with Crippen molar-refractivity contribution < 1.29 is 9.59 Å². The number of aromatic amines is 1. The van der Waals surface area contributed by atoms with E-state index >= 15 is 0 Å². The van der Waals surface area contributed by atoms with E-state index < -0.39 is 0 Å². The van der Waals surface area contributed by atoms with Crippen LogP contribution in [0.25, 0.3) is 0 Å². The molecule has 0 saturated heterocycles. The Hall–Kier alpha value is -2.90. The van der Waals surface area contributed by atoms with Gasteiger partial charge in [0.2, 0.25) is 11.5 Å². The summed E-state index contributed by atoms with van der Waals surface area (Å²) in [6.45, 7) is 2.66. The lowest BCUT2D eigenvalue weighted by atomic mass is 9.90. The van der Waals surface area contributed by atoms with Gasteiger partial charge in [-0.25, -0.2) is 4.98 Å². The highest BCUT2D eigenvalue weighted by molar-refractivity contribution is 5.92. The molecule has 2 atom stereocenters. The Morgan fingerprint density at radius 2 is 2.04 bits per heavy atom. The summed E-state index contributed by atoms with van der Waals surface area (Å²) < 4.78 is 2.00. The number of nitrogens with one attached hydrogen (secondary N) is 3. The van der Waals surface area contributed by atoms with Gasteiger partial charge in [0, 0.05) is 49.9 Å². The van der Waals surface area contributed by atoms with Gasteiger partial charge in [-0.2, -0.15) is 0 Å². The number of aryl methyl sites for hydroxylation is 2. The van der Waals surface area contributed by atoms with E-state index in [2.05, 4.69) is 20.6 Å². The molecule has 2 amide bonds. The van der Waals surface area contributed by atoms with Gasteiger partial charge >= 0.3 is 0 Å². The van der Waals surface area contributed by atoms with Crippen LogP contribution < -0.4 is 16.2 Å². The number of pyridine rings is 1. The molecule has 0 aliphatic heterocycles. The van der Waals surface area contributed by atoms with Crippen LogP contribution in [-0.4, -0.2) is 38.4 Å². The SMILES string of the molecule is CCc1nccn1CCC(=O)N[C@@H]1CCC[C@@H](NC(=O)c2cccc(=O)[nH]2)C1. The summed E-state index contributed by atoms with van der Waals surface area (Å²) in [6, 6.07) is 4.54. The van der Waals surface area contributed by atoms with Gasteiger partial charge in [-0.05, 0) is 31.7 Å². The number of nitrogens with zero attached hydrogens (tertiary/aromatic N) is 2. The van der Waals surface area contributed by atoms with Crippen LogP contribution in [0.5, 0.6) is 0 Å². The third kappa shape index (κ3) is 5.31. The van der Waals surface area contributed by atoms with Crippen LogP contribution in [0, 0.1) is 0 Å². The molecule has 28 heavy (non-hydrogen) atoms. The first-order valence-corrected chi connectivity index (χ1v) is 9.84. The number of carbonyl (C=O) groups is 2. The van der Waals surface area contributed by atoms with E-state index in [-0.39, 0.29) is 35.2 Å². The second-order valence-electron chi connectivity index (χ2n) is 7.17. The summed E-state index contributed by atoms with van der Waals surface area (Å²) in [5.74, 6) is 0.703. The van der Waals surface area contributed by atoms with Crippen molar-refractivity contribution in [2.75, 3.05) is 0 Å². The number of amides is 2. The minimum Gasteiger partial charge on any atom is -0.353 e. The number of hydrogen-bond donors (Lipinski definition) is 3. The van der Waals surface area contributed by atoms with E-state index in [1.165, 1.54) is 6.07 Å². The second-order valence-corrected chi connectivity index (χ2v) is 7.17. The molecule has 0 bridgehead atoms. The zero-order valence-electron chi connectivity index (χ0n) is 16.1. The molecule has 0 spiro atoms. The van der Waals surface area contributed by atoms with Crippen LogP contribution in [-0.2, 0) is 17.8 Å². The number of rotatable bonds is 7. The highest BCUT2D eigenvalue weighted by Gasteiger charge is 2.25. The molecule has 3 N–H and O–H groups in total. The number of imidazole rings is 1. The quantitative estimate of drug-likeness (QED) is 0.669. The molecule has 1 saturated carbocycles. The largest absolute Gasteiger partial charge is 0.353 e. The number of aromatic nitrogens is 3. The third-order valence-electron chi connectivity index (χ3n) is 5.09. The first kappa shape index (κ1) is 19.9. The van der Waals surface area contributed by atoms with Gasteiger partial charge in [-0.3, -0.25) is 14.4 Å². The van der Waals surface area contributed by atoms with Gasteiger partial charge in [0.25, 0.3) is 5.91 Å². The standard InChI is InChI=1S/C20H27N5O3/c1-2-17-21-10-12-25(17)11-9-19(27)22-14-5-3-6-15(13-14)23-20(28)16-7-4-8-18(26)24-16/h4,7-8,10,12,14-15H,2-3,5-6,9,11,13H2,1H3,(H,22,27)(H,23,28)(H,24,26)/t14-,15-/m1/s1. The van der Waals surface area contributed by atoms with Crippen molar-refractivity contribution in [2.45, 2.75) is 64.1 Å². The lowest BCUT2D eigenvalue weighted by Crippen LogP contribution is -2.46. The van der Waals surface area contributed by atoms with Gasteiger partial charge in [-0.15, -0.1) is 0 Å². The van der Waals surface area contributed by atoms with Crippen molar-refractivity contribution in [1.82, 2.24) is 25.2 Å². The molecule has 0 radical (unpaired) electrons. The molecular weight excluding hydrogens is 358 g/mol. The first-order valence-electron chi connectivity index (χ1n) is 9.84. The fourth-order valence-electron chi connectivity index (χ4n) is 3.68. The average Bonchev–Trinajstić information content (AvgIpc) is 3.14. The van der Waals surface area contributed by atoms with Crippen LogP contribution in [0.4, 0.5) is 0 Å². The van der Waals surface area contributed by atoms with Crippen LogP contribution in [0.2, 0.25) is 0 Å². The lowest BCUT2D eigenvalue weighted by molar-refractivity contribution is -0.122. The summed E-state index contributed by atoms with van der Waals surface area (Å²) >= 11 is 0. The second kappa shape index (κ2) is 9.34. The highest BCUT2D eigenvalue weighted by atomic mass is 16.2. The topological polar surface area (TPSA) is 109 Å². The Labute approximate surface area is 163 Å². The molecule has 0 aromatic carbocycles. The third-order valence-corrected chi connectivity index (χ3v) is 5.09. The maximum absolute atomic E-state index is 12.3. The van der Waals surface area contributed by atoms with Crippen molar-refractivity contribution in [3.63, 3.8) is 0 Å². The van der Waals surface area contributed by atoms with Crippen LogP contribution in [0.15, 0.2) is 35.4 Å². The molecule has 2 aromatic heterocycles. The fraction of sp³-hybridized carbons (Fsp3) is 0.500. The van der Waals surface area contributed by atoms with E-state index in [1.807, 2.05) is 17.7 Å². The van der Waals surface area contributed by atoms with Crippen LogP contribution >= 0.6 is 0 Å². The van der Waals surface area contributed by atoms with Crippen LogP contribution in [0.1, 0.15) is 55.3 Å².